The van der Waals surface area contributed by atoms with Gasteiger partial charge in [0.25, 0.3) is 5.91 Å². The van der Waals surface area contributed by atoms with Crippen LogP contribution in [0.2, 0.25) is 5.02 Å². The molecule has 0 aliphatic heterocycles. The normalized spacial score (nSPS) is 11.8. The number of benzene rings is 1. The van der Waals surface area contributed by atoms with Crippen LogP contribution in [0.15, 0.2) is 34.7 Å². The Morgan fingerprint density at radius 2 is 2.00 bits per heavy atom. The molecule has 0 saturated carbocycles. The molecule has 0 radical (unpaired) electrons. The van der Waals surface area contributed by atoms with E-state index in [1.165, 1.54) is 0 Å². The van der Waals surface area contributed by atoms with Crippen LogP contribution in [0.25, 0.3) is 0 Å². The first kappa shape index (κ1) is 18.1. The van der Waals surface area contributed by atoms with E-state index < -0.39 is 0 Å². The molecule has 0 spiro atoms. The van der Waals surface area contributed by atoms with E-state index >= 15 is 0 Å². The molecular weight excluding hydrogens is 328 g/mol. The summed E-state index contributed by atoms with van der Waals surface area (Å²) in [5.41, 5.74) is 1.50. The Morgan fingerprint density at radius 1 is 1.25 bits per heavy atom. The van der Waals surface area contributed by atoms with Gasteiger partial charge in [0, 0.05) is 11.1 Å². The lowest BCUT2D eigenvalue weighted by atomic mass is 10.1. The highest BCUT2D eigenvalue weighted by Crippen LogP contribution is 2.13. The van der Waals surface area contributed by atoms with Gasteiger partial charge in [0.05, 0.1) is 12.1 Å². The average Bonchev–Trinajstić information content (AvgIpc) is 2.83. The van der Waals surface area contributed by atoms with Gasteiger partial charge in [-0.05, 0) is 51.0 Å². The number of furan rings is 1. The largest absolute Gasteiger partial charge is 0.466 e. The second-order valence-corrected chi connectivity index (χ2v) is 6.25. The van der Waals surface area contributed by atoms with E-state index in [0.717, 1.165) is 5.56 Å². The van der Waals surface area contributed by atoms with Gasteiger partial charge in [-0.25, -0.2) is 0 Å². The van der Waals surface area contributed by atoms with Crippen LogP contribution in [0, 0.1) is 13.8 Å². The van der Waals surface area contributed by atoms with Crippen molar-refractivity contribution in [3.63, 3.8) is 0 Å². The number of rotatable bonds is 6. The lowest BCUT2D eigenvalue weighted by Crippen LogP contribution is -2.41. The van der Waals surface area contributed by atoms with E-state index in [1.54, 1.807) is 19.9 Å². The molecule has 1 heterocycles. The molecule has 0 aliphatic carbocycles. The monoisotopic (exact) mass is 348 g/mol. The van der Waals surface area contributed by atoms with E-state index in [-0.39, 0.29) is 24.4 Å². The number of amides is 2. The van der Waals surface area contributed by atoms with Gasteiger partial charge in [-0.2, -0.15) is 0 Å². The van der Waals surface area contributed by atoms with Gasteiger partial charge in [0.1, 0.15) is 11.5 Å². The summed E-state index contributed by atoms with van der Waals surface area (Å²) in [4.78, 5) is 24.0. The maximum absolute atomic E-state index is 12.0. The van der Waals surface area contributed by atoms with Crippen LogP contribution in [0.4, 0.5) is 0 Å². The fourth-order valence-corrected chi connectivity index (χ4v) is 2.72. The van der Waals surface area contributed by atoms with Gasteiger partial charge in [-0.1, -0.05) is 23.7 Å². The van der Waals surface area contributed by atoms with Gasteiger partial charge >= 0.3 is 0 Å². The predicted octanol–water partition coefficient (Wildman–Crippen LogP) is 3.03. The van der Waals surface area contributed by atoms with Crippen molar-refractivity contribution in [3.05, 3.63) is 58.0 Å². The molecule has 128 valence electrons. The molecule has 0 saturated heterocycles. The second kappa shape index (κ2) is 8.02. The Hall–Kier alpha value is -2.27. The van der Waals surface area contributed by atoms with Gasteiger partial charge in [-0.15, -0.1) is 0 Å². The fourth-order valence-electron chi connectivity index (χ4n) is 2.51. The molecule has 1 atom stereocenters. The quantitative estimate of drug-likeness (QED) is 0.842. The molecule has 24 heavy (non-hydrogen) atoms. The SMILES string of the molecule is Cc1cc(C(=O)NCC(=O)N[C@@H](C)Cc2cccc(Cl)c2)c(C)o1. The summed E-state index contributed by atoms with van der Waals surface area (Å²) in [6, 6.07) is 9.11. The third-order valence-electron chi connectivity index (χ3n) is 3.53. The Balaban J connectivity index is 1.80. The van der Waals surface area contributed by atoms with Crippen LogP contribution in [0.5, 0.6) is 0 Å². The van der Waals surface area contributed by atoms with E-state index in [0.29, 0.717) is 28.5 Å². The molecular formula is C18H21ClN2O3. The number of halogens is 1. The van der Waals surface area contributed by atoms with E-state index in [4.69, 9.17) is 16.0 Å². The number of hydrogen-bond acceptors (Lipinski definition) is 3. The van der Waals surface area contributed by atoms with Crippen molar-refractivity contribution >= 4 is 23.4 Å². The van der Waals surface area contributed by atoms with Crippen molar-refractivity contribution in [1.29, 1.82) is 0 Å². The van der Waals surface area contributed by atoms with Gasteiger partial charge in [-0.3, -0.25) is 9.59 Å². The van der Waals surface area contributed by atoms with E-state index in [2.05, 4.69) is 10.6 Å². The minimum atomic E-state index is -0.318. The van der Waals surface area contributed by atoms with Crippen LogP contribution in [-0.2, 0) is 11.2 Å². The predicted molar refractivity (Wildman–Crippen MR) is 93.3 cm³/mol. The molecule has 2 rings (SSSR count). The first-order valence-corrected chi connectivity index (χ1v) is 8.12. The molecule has 0 unspecified atom stereocenters. The zero-order valence-electron chi connectivity index (χ0n) is 14.0. The summed E-state index contributed by atoms with van der Waals surface area (Å²) in [5.74, 6) is 0.648. The highest BCUT2D eigenvalue weighted by molar-refractivity contribution is 6.30. The molecule has 5 nitrogen and oxygen atoms in total. The number of carbonyl (C=O) groups is 2. The smallest absolute Gasteiger partial charge is 0.255 e. The third kappa shape index (κ3) is 5.13. The molecule has 2 amide bonds. The maximum atomic E-state index is 12.0. The second-order valence-electron chi connectivity index (χ2n) is 5.81. The van der Waals surface area contributed by atoms with E-state index in [9.17, 15) is 9.59 Å². The van der Waals surface area contributed by atoms with Gasteiger partial charge < -0.3 is 15.1 Å². The summed E-state index contributed by atoms with van der Waals surface area (Å²) in [6.45, 7) is 5.32. The van der Waals surface area contributed by atoms with Crippen molar-refractivity contribution in [2.24, 2.45) is 0 Å². The van der Waals surface area contributed by atoms with Crippen LogP contribution in [-0.4, -0.2) is 24.4 Å². The Morgan fingerprint density at radius 3 is 2.62 bits per heavy atom. The first-order valence-electron chi connectivity index (χ1n) is 7.74. The van der Waals surface area contributed by atoms with Crippen molar-refractivity contribution in [2.45, 2.75) is 33.2 Å². The summed E-state index contributed by atoms with van der Waals surface area (Å²) < 4.78 is 5.31. The minimum Gasteiger partial charge on any atom is -0.466 e. The van der Waals surface area contributed by atoms with Gasteiger partial charge in [0.2, 0.25) is 5.91 Å². The fraction of sp³-hybridized carbons (Fsp3) is 0.333. The Labute approximate surface area is 146 Å². The molecule has 0 bridgehead atoms. The Bertz CT molecular complexity index is 740. The van der Waals surface area contributed by atoms with Crippen molar-refractivity contribution in [1.82, 2.24) is 10.6 Å². The number of aryl methyl sites for hydroxylation is 2. The zero-order chi connectivity index (χ0) is 17.7. The third-order valence-corrected chi connectivity index (χ3v) is 3.77. The highest BCUT2D eigenvalue weighted by atomic mass is 35.5. The van der Waals surface area contributed by atoms with Gasteiger partial charge in [0.15, 0.2) is 0 Å². The van der Waals surface area contributed by atoms with Crippen LogP contribution in [0.3, 0.4) is 0 Å². The van der Waals surface area contributed by atoms with Crippen LogP contribution >= 0.6 is 11.6 Å². The molecule has 0 aliphatic rings. The van der Waals surface area contributed by atoms with Crippen molar-refractivity contribution in [2.75, 3.05) is 6.54 Å². The molecule has 6 heteroatoms. The van der Waals surface area contributed by atoms with Crippen molar-refractivity contribution < 1.29 is 14.0 Å². The summed E-state index contributed by atoms with van der Waals surface area (Å²) in [6.07, 6.45) is 0.667. The first-order chi connectivity index (χ1) is 11.3. The molecule has 2 aromatic rings. The molecule has 2 N–H and O–H groups in total. The summed E-state index contributed by atoms with van der Waals surface area (Å²) in [7, 11) is 0. The lowest BCUT2D eigenvalue weighted by Gasteiger charge is -2.14. The maximum Gasteiger partial charge on any atom is 0.255 e. The summed E-state index contributed by atoms with van der Waals surface area (Å²) >= 11 is 5.95. The standard InChI is InChI=1S/C18H21ClN2O3/c1-11(7-14-5-4-6-15(19)9-14)21-17(22)10-20-18(23)16-8-12(2)24-13(16)3/h4-6,8-9,11H,7,10H2,1-3H3,(H,20,23)(H,21,22)/t11-/m0/s1. The lowest BCUT2D eigenvalue weighted by molar-refractivity contribution is -0.120. The Kier molecular flexibility index (Phi) is 6.04. The van der Waals surface area contributed by atoms with Crippen LogP contribution < -0.4 is 10.6 Å². The molecule has 1 aromatic heterocycles. The molecule has 0 fully saturated rings. The zero-order valence-corrected chi connectivity index (χ0v) is 14.7. The van der Waals surface area contributed by atoms with E-state index in [1.807, 2.05) is 31.2 Å². The van der Waals surface area contributed by atoms with Crippen LogP contribution in [0.1, 0.15) is 34.4 Å². The number of hydrogen-bond donors (Lipinski definition) is 2. The molecule has 1 aromatic carbocycles. The number of nitrogens with one attached hydrogen (secondary N) is 2. The highest BCUT2D eigenvalue weighted by Gasteiger charge is 2.15. The topological polar surface area (TPSA) is 71.3 Å². The number of carbonyl (C=O) groups excluding carboxylic acids is 2. The average molecular weight is 349 g/mol. The van der Waals surface area contributed by atoms with Crippen molar-refractivity contribution in [3.8, 4) is 0 Å². The minimum absolute atomic E-state index is 0.0641. The summed E-state index contributed by atoms with van der Waals surface area (Å²) in [5, 5.41) is 6.12.